The molecule has 0 aromatic rings. The summed E-state index contributed by atoms with van der Waals surface area (Å²) < 4.78 is 17.3. The molecule has 0 amide bonds. The second-order valence-corrected chi connectivity index (χ2v) is 10.8. The second-order valence-electron chi connectivity index (χ2n) is 3.05. The van der Waals surface area contributed by atoms with Crippen LogP contribution in [-0.4, -0.2) is 34.4 Å². The van der Waals surface area contributed by atoms with Crippen LogP contribution in [0.2, 0.25) is 6.04 Å². The van der Waals surface area contributed by atoms with E-state index in [0.29, 0.717) is 19.8 Å². The second kappa shape index (κ2) is 12.5. The Morgan fingerprint density at radius 3 is 1.94 bits per heavy atom. The van der Waals surface area contributed by atoms with Crippen LogP contribution >= 0.6 is 42.1 Å². The smallest absolute Gasteiger partial charge is 0.374 e. The molecular formula is C9H22O3S4Si. The predicted octanol–water partition coefficient (Wildman–Crippen LogP) is 4.30. The average Bonchev–Trinajstić information content (AvgIpc) is 2.30. The van der Waals surface area contributed by atoms with Crippen LogP contribution in [0.5, 0.6) is 0 Å². The van der Waals surface area contributed by atoms with Gasteiger partial charge in [0.2, 0.25) is 0 Å². The summed E-state index contributed by atoms with van der Waals surface area (Å²) >= 11 is 4.07. The van der Waals surface area contributed by atoms with Crippen molar-refractivity contribution < 1.29 is 13.3 Å². The van der Waals surface area contributed by atoms with Crippen LogP contribution in [0.15, 0.2) is 0 Å². The van der Waals surface area contributed by atoms with Crippen molar-refractivity contribution in [3.63, 3.8) is 0 Å². The summed E-state index contributed by atoms with van der Waals surface area (Å²) in [5.41, 5.74) is 0. The molecule has 0 heterocycles. The van der Waals surface area contributed by atoms with Gasteiger partial charge in [0, 0.05) is 31.6 Å². The highest BCUT2D eigenvalue weighted by atomic mass is 33.7. The molecule has 0 fully saturated rings. The van der Waals surface area contributed by atoms with E-state index in [4.69, 9.17) is 13.3 Å². The monoisotopic (exact) mass is 334 g/mol. The molecule has 0 aliphatic carbocycles. The molecule has 8 heteroatoms. The molecule has 0 aliphatic rings. The Bertz CT molecular complexity index is 159. The molecule has 0 aliphatic heterocycles. The van der Waals surface area contributed by atoms with Crippen LogP contribution in [0.4, 0.5) is 0 Å². The van der Waals surface area contributed by atoms with Crippen LogP contribution in [0.25, 0.3) is 0 Å². The van der Waals surface area contributed by atoms with Crippen molar-refractivity contribution in [3.8, 4) is 0 Å². The number of hydrogen-bond acceptors (Lipinski definition) is 7. The topological polar surface area (TPSA) is 27.7 Å². The van der Waals surface area contributed by atoms with Gasteiger partial charge in [-0.05, 0) is 46.8 Å². The fraction of sp³-hybridized carbons (Fsp3) is 1.00. The minimum absolute atomic E-state index is 0.653. The molecule has 17 heavy (non-hydrogen) atoms. The van der Waals surface area contributed by atoms with Gasteiger partial charge in [0.25, 0.3) is 0 Å². The van der Waals surface area contributed by atoms with Gasteiger partial charge in [-0.15, -0.1) is 0 Å². The van der Waals surface area contributed by atoms with Crippen LogP contribution in [0, 0.1) is 0 Å². The summed E-state index contributed by atoms with van der Waals surface area (Å²) in [5.74, 6) is 1.07. The molecule has 0 spiro atoms. The molecule has 0 saturated heterocycles. The lowest BCUT2D eigenvalue weighted by Gasteiger charge is -2.28. The molecule has 3 nitrogen and oxygen atoms in total. The van der Waals surface area contributed by atoms with Gasteiger partial charge in [-0.3, -0.25) is 0 Å². The lowest BCUT2D eigenvalue weighted by Crippen LogP contribution is -2.46. The van der Waals surface area contributed by atoms with Crippen LogP contribution in [-0.2, 0) is 13.3 Å². The molecular weight excluding hydrogens is 312 g/mol. The minimum Gasteiger partial charge on any atom is -0.374 e. The van der Waals surface area contributed by atoms with Gasteiger partial charge in [-0.2, -0.15) is 0 Å². The fourth-order valence-corrected chi connectivity index (χ4v) is 7.49. The Kier molecular flexibility index (Phi) is 13.6. The van der Waals surface area contributed by atoms with Gasteiger partial charge < -0.3 is 13.3 Å². The third kappa shape index (κ3) is 9.09. The maximum Gasteiger partial charge on any atom is 0.500 e. The lowest BCUT2D eigenvalue weighted by molar-refractivity contribution is 0.0712. The molecule has 0 rings (SSSR count). The van der Waals surface area contributed by atoms with Gasteiger partial charge in [0.15, 0.2) is 0 Å². The zero-order valence-corrected chi connectivity index (χ0v) is 15.0. The Hall–Kier alpha value is 1.50. The van der Waals surface area contributed by atoms with E-state index in [1.165, 1.54) is 9.83 Å². The lowest BCUT2D eigenvalue weighted by atomic mass is 10.6. The van der Waals surface area contributed by atoms with Crippen LogP contribution in [0.3, 0.4) is 0 Å². The van der Waals surface area contributed by atoms with E-state index in [9.17, 15) is 0 Å². The number of rotatable bonds is 12. The van der Waals surface area contributed by atoms with Crippen LogP contribution in [0.1, 0.15) is 27.2 Å². The van der Waals surface area contributed by atoms with E-state index < -0.39 is 8.80 Å². The molecule has 0 aromatic carbocycles. The summed E-state index contributed by atoms with van der Waals surface area (Å²) in [5, 5.41) is 0. The van der Waals surface area contributed by atoms with Crippen molar-refractivity contribution in [1.29, 1.82) is 0 Å². The summed E-state index contributed by atoms with van der Waals surface area (Å²) in [6, 6.07) is 0.896. The van der Waals surface area contributed by atoms with Crippen molar-refractivity contribution >= 4 is 50.9 Å². The highest BCUT2D eigenvalue weighted by Gasteiger charge is 2.39. The summed E-state index contributed by atoms with van der Waals surface area (Å²) in [4.78, 5) is 0. The standard InChI is InChI=1S/C9H22O3S4Si/c1-4-10-17(11-5-2,12-6-3)9-7-8-14-16-15-13/h13H,4-9H2,1-3H3. The minimum atomic E-state index is -2.40. The zero-order chi connectivity index (χ0) is 13.0. The zero-order valence-electron chi connectivity index (χ0n) is 10.6. The van der Waals surface area contributed by atoms with Gasteiger partial charge >= 0.3 is 8.80 Å². The van der Waals surface area contributed by atoms with Gasteiger partial charge in [-0.1, -0.05) is 22.5 Å². The number of thiol groups is 1. The van der Waals surface area contributed by atoms with Crippen molar-refractivity contribution in [3.05, 3.63) is 0 Å². The molecule has 0 N–H and O–H groups in total. The largest absolute Gasteiger partial charge is 0.500 e. The Balaban J connectivity index is 4.05. The first-order chi connectivity index (χ1) is 8.24. The third-order valence-electron chi connectivity index (χ3n) is 1.88. The highest BCUT2D eigenvalue weighted by Crippen LogP contribution is 2.37. The van der Waals surface area contributed by atoms with E-state index in [2.05, 4.69) is 11.7 Å². The molecule has 104 valence electrons. The normalized spacial score (nSPS) is 12.0. The van der Waals surface area contributed by atoms with E-state index >= 15 is 0 Å². The first-order valence-corrected chi connectivity index (χ1v) is 12.4. The molecule has 0 bridgehead atoms. The fourth-order valence-electron chi connectivity index (χ4n) is 1.40. The first kappa shape index (κ1) is 18.5. The van der Waals surface area contributed by atoms with Gasteiger partial charge in [0.05, 0.1) is 0 Å². The maximum atomic E-state index is 5.78. The molecule has 0 radical (unpaired) electrons. The summed E-state index contributed by atoms with van der Waals surface area (Å²) in [7, 11) is 2.57. The Morgan fingerprint density at radius 2 is 1.53 bits per heavy atom. The predicted molar refractivity (Wildman–Crippen MR) is 86.7 cm³/mol. The van der Waals surface area contributed by atoms with Gasteiger partial charge in [0.1, 0.15) is 0 Å². The molecule has 0 atom stereocenters. The summed E-state index contributed by atoms with van der Waals surface area (Å²) in [6.07, 6.45) is 1.05. The molecule has 0 aromatic heterocycles. The Morgan fingerprint density at radius 1 is 1.00 bits per heavy atom. The molecule has 0 unspecified atom stereocenters. The van der Waals surface area contributed by atoms with Crippen molar-refractivity contribution in [1.82, 2.24) is 0 Å². The van der Waals surface area contributed by atoms with Crippen molar-refractivity contribution in [2.45, 2.75) is 33.2 Å². The van der Waals surface area contributed by atoms with E-state index in [1.807, 2.05) is 20.8 Å². The number of hydrogen-bond donors (Lipinski definition) is 1. The van der Waals surface area contributed by atoms with E-state index in [-0.39, 0.29) is 0 Å². The van der Waals surface area contributed by atoms with Crippen molar-refractivity contribution in [2.75, 3.05) is 25.6 Å². The highest BCUT2D eigenvalue weighted by molar-refractivity contribution is 9.23. The SMILES string of the molecule is CCO[Si](CCCSSSS)(OCC)OCC. The third-order valence-corrected chi connectivity index (χ3v) is 9.67. The quantitative estimate of drug-likeness (QED) is 0.248. The average molecular weight is 335 g/mol. The van der Waals surface area contributed by atoms with Crippen LogP contribution < -0.4 is 0 Å². The van der Waals surface area contributed by atoms with E-state index in [1.54, 1.807) is 20.6 Å². The Labute approximate surface area is 122 Å². The van der Waals surface area contributed by atoms with E-state index in [0.717, 1.165) is 18.2 Å². The first-order valence-electron chi connectivity index (χ1n) is 5.76. The van der Waals surface area contributed by atoms with Gasteiger partial charge in [-0.25, -0.2) is 0 Å². The van der Waals surface area contributed by atoms with Crippen molar-refractivity contribution in [2.24, 2.45) is 0 Å². The molecule has 0 saturated carbocycles. The maximum absolute atomic E-state index is 5.78. The summed E-state index contributed by atoms with van der Waals surface area (Å²) in [6.45, 7) is 7.92.